The van der Waals surface area contributed by atoms with E-state index in [9.17, 15) is 9.18 Å². The van der Waals surface area contributed by atoms with Gasteiger partial charge in [0.2, 0.25) is 0 Å². The molecule has 0 aliphatic rings. The molecule has 0 fully saturated rings. The number of hydrogen-bond acceptors (Lipinski definition) is 6. The molecule has 7 heteroatoms. The van der Waals surface area contributed by atoms with Crippen molar-refractivity contribution in [2.45, 2.75) is 6.54 Å². The minimum atomic E-state index is -0.601. The number of nitrogens with zero attached hydrogens (tertiary/aromatic N) is 3. The van der Waals surface area contributed by atoms with Gasteiger partial charge in [0.15, 0.2) is 5.69 Å². The highest BCUT2D eigenvalue weighted by atomic mass is 19.1. The van der Waals surface area contributed by atoms with Crippen LogP contribution in [0.1, 0.15) is 21.6 Å². The maximum absolute atomic E-state index is 13.7. The number of anilines is 1. The predicted octanol–water partition coefficient (Wildman–Crippen LogP) is 1.89. The molecule has 1 heterocycles. The lowest BCUT2D eigenvalue weighted by Gasteiger charge is -2.07. The van der Waals surface area contributed by atoms with Gasteiger partial charge in [-0.3, -0.25) is 4.98 Å². The zero-order valence-electron chi connectivity index (χ0n) is 11.1. The van der Waals surface area contributed by atoms with E-state index in [4.69, 9.17) is 5.26 Å². The number of nitriles is 1. The Morgan fingerprint density at radius 1 is 1.48 bits per heavy atom. The van der Waals surface area contributed by atoms with Gasteiger partial charge in [0.25, 0.3) is 0 Å². The lowest BCUT2D eigenvalue weighted by Crippen LogP contribution is -2.09. The van der Waals surface area contributed by atoms with Crippen molar-refractivity contribution >= 4 is 11.8 Å². The van der Waals surface area contributed by atoms with Crippen LogP contribution in [0.15, 0.2) is 30.6 Å². The molecule has 0 saturated carbocycles. The molecule has 1 aromatic heterocycles. The molecule has 6 nitrogen and oxygen atoms in total. The maximum atomic E-state index is 13.7. The second-order valence-electron chi connectivity index (χ2n) is 4.05. The Balaban J connectivity index is 2.10. The first kappa shape index (κ1) is 14.4. The summed E-state index contributed by atoms with van der Waals surface area (Å²) >= 11 is 0. The summed E-state index contributed by atoms with van der Waals surface area (Å²) < 4.78 is 18.2. The van der Waals surface area contributed by atoms with E-state index in [2.05, 4.69) is 20.0 Å². The molecule has 0 radical (unpaired) electrons. The molecule has 106 valence electrons. The summed E-state index contributed by atoms with van der Waals surface area (Å²) in [6.07, 6.45) is 2.69. The summed E-state index contributed by atoms with van der Waals surface area (Å²) in [4.78, 5) is 19.2. The van der Waals surface area contributed by atoms with Gasteiger partial charge in [-0.25, -0.2) is 14.2 Å². The number of benzene rings is 1. The number of halogens is 1. The fourth-order valence-electron chi connectivity index (χ4n) is 1.60. The van der Waals surface area contributed by atoms with Gasteiger partial charge in [0.1, 0.15) is 11.6 Å². The molecular weight excluding hydrogens is 275 g/mol. The minimum absolute atomic E-state index is 0.0581. The number of nitrogens with one attached hydrogen (secondary N) is 1. The minimum Gasteiger partial charge on any atom is -0.464 e. The van der Waals surface area contributed by atoms with Crippen molar-refractivity contribution in [3.05, 3.63) is 53.2 Å². The number of carbonyl (C=O) groups is 1. The number of carbonyl (C=O) groups excluding carboxylic acids is 1. The fraction of sp³-hybridized carbons (Fsp3) is 0.143. The molecule has 0 saturated heterocycles. The van der Waals surface area contributed by atoms with E-state index < -0.39 is 11.8 Å². The standard InChI is InChI=1S/C14H11FN4O2/c1-21-14(20)12-7-17-8-13(19-12)18-6-10-3-2-9(5-16)4-11(10)15/h2-4,7-8H,6H2,1H3,(H,18,19). The van der Waals surface area contributed by atoms with Crippen molar-refractivity contribution in [1.29, 1.82) is 5.26 Å². The fourth-order valence-corrected chi connectivity index (χ4v) is 1.60. The first-order chi connectivity index (χ1) is 10.1. The van der Waals surface area contributed by atoms with Gasteiger partial charge in [-0.05, 0) is 12.1 Å². The molecule has 1 N–H and O–H groups in total. The number of ether oxygens (including phenoxy) is 1. The number of methoxy groups -OCH3 is 1. The smallest absolute Gasteiger partial charge is 0.358 e. The van der Waals surface area contributed by atoms with Crippen LogP contribution in [-0.2, 0) is 11.3 Å². The summed E-state index contributed by atoms with van der Waals surface area (Å²) in [6.45, 7) is 0.150. The number of hydrogen-bond donors (Lipinski definition) is 1. The van der Waals surface area contributed by atoms with E-state index in [1.165, 1.54) is 31.6 Å². The zero-order valence-corrected chi connectivity index (χ0v) is 11.1. The first-order valence-corrected chi connectivity index (χ1v) is 5.97. The molecule has 2 aromatic rings. The number of rotatable bonds is 4. The molecular formula is C14H11FN4O2. The first-order valence-electron chi connectivity index (χ1n) is 5.97. The molecule has 0 aliphatic carbocycles. The van der Waals surface area contributed by atoms with Gasteiger partial charge in [0, 0.05) is 12.1 Å². The molecule has 0 atom stereocenters. The van der Waals surface area contributed by atoms with E-state index in [0.717, 1.165) is 6.07 Å². The van der Waals surface area contributed by atoms with Crippen LogP contribution in [0.5, 0.6) is 0 Å². The van der Waals surface area contributed by atoms with Gasteiger partial charge in [-0.15, -0.1) is 0 Å². The van der Waals surface area contributed by atoms with Gasteiger partial charge >= 0.3 is 5.97 Å². The molecule has 0 amide bonds. The second-order valence-corrected chi connectivity index (χ2v) is 4.05. The normalized spacial score (nSPS) is 9.76. The van der Waals surface area contributed by atoms with Crippen LogP contribution in [0.25, 0.3) is 0 Å². The van der Waals surface area contributed by atoms with E-state index in [-0.39, 0.29) is 17.8 Å². The van der Waals surface area contributed by atoms with Crippen LogP contribution in [0, 0.1) is 17.1 Å². The Morgan fingerprint density at radius 2 is 2.29 bits per heavy atom. The Labute approximate surface area is 120 Å². The van der Waals surface area contributed by atoms with Gasteiger partial charge < -0.3 is 10.1 Å². The monoisotopic (exact) mass is 286 g/mol. The van der Waals surface area contributed by atoms with Crippen LogP contribution in [-0.4, -0.2) is 23.0 Å². The molecule has 0 bridgehead atoms. The van der Waals surface area contributed by atoms with E-state index in [1.807, 2.05) is 6.07 Å². The van der Waals surface area contributed by atoms with Crippen molar-refractivity contribution in [1.82, 2.24) is 9.97 Å². The summed E-state index contributed by atoms with van der Waals surface area (Å²) in [5.41, 5.74) is 0.686. The summed E-state index contributed by atoms with van der Waals surface area (Å²) in [5, 5.41) is 11.5. The topological polar surface area (TPSA) is 87.9 Å². The quantitative estimate of drug-likeness (QED) is 0.863. The maximum Gasteiger partial charge on any atom is 0.358 e. The summed E-state index contributed by atoms with van der Waals surface area (Å²) in [6, 6.07) is 6.06. The van der Waals surface area contributed by atoms with Crippen molar-refractivity contribution in [3.8, 4) is 6.07 Å². The van der Waals surface area contributed by atoms with E-state index in [1.54, 1.807) is 0 Å². The van der Waals surface area contributed by atoms with Crippen LogP contribution >= 0.6 is 0 Å². The largest absolute Gasteiger partial charge is 0.464 e. The Hall–Kier alpha value is -3.01. The third-order valence-corrected chi connectivity index (χ3v) is 2.67. The van der Waals surface area contributed by atoms with Crippen LogP contribution in [0.3, 0.4) is 0 Å². The van der Waals surface area contributed by atoms with Gasteiger partial charge in [-0.2, -0.15) is 5.26 Å². The average molecular weight is 286 g/mol. The van der Waals surface area contributed by atoms with Crippen LogP contribution in [0.4, 0.5) is 10.2 Å². The molecule has 0 spiro atoms. The Bertz CT molecular complexity index is 712. The SMILES string of the molecule is COC(=O)c1cncc(NCc2ccc(C#N)cc2F)n1. The number of aromatic nitrogens is 2. The molecule has 0 aliphatic heterocycles. The predicted molar refractivity (Wildman–Crippen MR) is 71.8 cm³/mol. The van der Waals surface area contributed by atoms with Gasteiger partial charge in [0.05, 0.1) is 31.1 Å². The molecule has 1 aromatic carbocycles. The number of esters is 1. The molecule has 2 rings (SSSR count). The Morgan fingerprint density at radius 3 is 2.95 bits per heavy atom. The average Bonchev–Trinajstić information content (AvgIpc) is 2.53. The Kier molecular flexibility index (Phi) is 4.41. The third-order valence-electron chi connectivity index (χ3n) is 2.67. The van der Waals surface area contributed by atoms with Crippen molar-refractivity contribution < 1.29 is 13.9 Å². The van der Waals surface area contributed by atoms with E-state index in [0.29, 0.717) is 11.4 Å². The highest BCUT2D eigenvalue weighted by Gasteiger charge is 2.09. The van der Waals surface area contributed by atoms with Gasteiger partial charge in [-0.1, -0.05) is 6.07 Å². The highest BCUT2D eigenvalue weighted by molar-refractivity contribution is 5.87. The third kappa shape index (κ3) is 3.51. The van der Waals surface area contributed by atoms with Crippen molar-refractivity contribution in [2.24, 2.45) is 0 Å². The highest BCUT2D eigenvalue weighted by Crippen LogP contribution is 2.12. The van der Waals surface area contributed by atoms with Crippen LogP contribution in [0.2, 0.25) is 0 Å². The molecule has 21 heavy (non-hydrogen) atoms. The second kappa shape index (κ2) is 6.43. The summed E-state index contributed by atoms with van der Waals surface area (Å²) in [7, 11) is 1.25. The van der Waals surface area contributed by atoms with Crippen molar-refractivity contribution in [3.63, 3.8) is 0 Å². The summed E-state index contributed by atoms with van der Waals surface area (Å²) in [5.74, 6) is -0.768. The van der Waals surface area contributed by atoms with Crippen molar-refractivity contribution in [2.75, 3.05) is 12.4 Å². The van der Waals surface area contributed by atoms with Crippen LogP contribution < -0.4 is 5.32 Å². The lowest BCUT2D eigenvalue weighted by atomic mass is 10.1. The zero-order chi connectivity index (χ0) is 15.2. The lowest BCUT2D eigenvalue weighted by molar-refractivity contribution is 0.0593. The molecule has 0 unspecified atom stereocenters. The van der Waals surface area contributed by atoms with E-state index >= 15 is 0 Å².